The molecule has 0 aliphatic rings. The van der Waals surface area contributed by atoms with Crippen molar-refractivity contribution in [2.24, 2.45) is 0 Å². The molecule has 3 rings (SSSR count). The first kappa shape index (κ1) is 21.8. The number of nitrogens with one attached hydrogen (secondary N) is 1. The van der Waals surface area contributed by atoms with Gasteiger partial charge in [-0.15, -0.1) is 0 Å². The van der Waals surface area contributed by atoms with E-state index in [0.717, 1.165) is 15.8 Å². The van der Waals surface area contributed by atoms with E-state index >= 15 is 0 Å². The number of furan rings is 1. The Morgan fingerprint density at radius 1 is 1.13 bits per heavy atom. The Balaban J connectivity index is 1.78. The summed E-state index contributed by atoms with van der Waals surface area (Å²) in [6.45, 7) is -0.608. The molecule has 0 saturated heterocycles. The van der Waals surface area contributed by atoms with Crippen LogP contribution in [0.25, 0.3) is 6.08 Å². The number of nitrogens with zero attached hydrogens (tertiary/aromatic N) is 1. The fourth-order valence-corrected chi connectivity index (χ4v) is 3.85. The highest BCUT2D eigenvalue weighted by Gasteiger charge is 2.24. The maximum absolute atomic E-state index is 13.3. The van der Waals surface area contributed by atoms with Crippen LogP contribution in [0.1, 0.15) is 11.3 Å². The van der Waals surface area contributed by atoms with Crippen LogP contribution < -0.4 is 5.32 Å². The van der Waals surface area contributed by atoms with Crippen LogP contribution in [0.3, 0.4) is 0 Å². The quantitative estimate of drug-likeness (QED) is 0.549. The summed E-state index contributed by atoms with van der Waals surface area (Å²) < 4.78 is 45.2. The lowest BCUT2D eigenvalue weighted by molar-refractivity contribution is -0.116. The predicted octanol–water partition coefficient (Wildman–Crippen LogP) is 4.51. The molecule has 0 aliphatic heterocycles. The summed E-state index contributed by atoms with van der Waals surface area (Å²) in [7, 11) is -3.95. The highest BCUT2D eigenvalue weighted by Crippen LogP contribution is 2.20. The van der Waals surface area contributed by atoms with Gasteiger partial charge in [-0.25, -0.2) is 12.8 Å². The van der Waals surface area contributed by atoms with Gasteiger partial charge in [-0.05, 0) is 42.0 Å². The minimum Gasteiger partial charge on any atom is -0.468 e. The maximum atomic E-state index is 13.3. The summed E-state index contributed by atoms with van der Waals surface area (Å²) in [5, 5.41) is 3.40. The Bertz CT molecular complexity index is 1130. The van der Waals surface area contributed by atoms with Crippen LogP contribution in [0, 0.1) is 5.82 Å². The molecule has 2 aromatic carbocycles. The molecule has 6 nitrogen and oxygen atoms in total. The average Bonchev–Trinajstić information content (AvgIpc) is 3.23. The summed E-state index contributed by atoms with van der Waals surface area (Å²) in [6.07, 6.45) is 2.86. The van der Waals surface area contributed by atoms with Crippen molar-refractivity contribution in [1.82, 2.24) is 4.31 Å². The summed E-state index contributed by atoms with van der Waals surface area (Å²) in [5.41, 5.74) is 0.950. The SMILES string of the molecule is O=C(CN(Cc1ccco1)S(=O)(=O)/C=C/c1ccccc1)Nc1ccc(F)c(Cl)c1. The summed E-state index contributed by atoms with van der Waals surface area (Å²) in [6, 6.07) is 15.8. The molecular formula is C21H18ClFN2O4S. The molecule has 3 aromatic rings. The van der Waals surface area contributed by atoms with Gasteiger partial charge in [0.1, 0.15) is 11.6 Å². The van der Waals surface area contributed by atoms with Crippen LogP contribution in [0.15, 0.2) is 76.8 Å². The van der Waals surface area contributed by atoms with E-state index in [2.05, 4.69) is 5.32 Å². The molecule has 0 fully saturated rings. The Morgan fingerprint density at radius 3 is 2.57 bits per heavy atom. The Labute approximate surface area is 178 Å². The molecule has 0 unspecified atom stereocenters. The molecule has 30 heavy (non-hydrogen) atoms. The fraction of sp³-hybridized carbons (Fsp3) is 0.0952. The molecule has 0 atom stereocenters. The Hall–Kier alpha value is -2.94. The van der Waals surface area contributed by atoms with Gasteiger partial charge in [-0.3, -0.25) is 4.79 Å². The maximum Gasteiger partial charge on any atom is 0.239 e. The number of benzene rings is 2. The molecule has 0 saturated carbocycles. The van der Waals surface area contributed by atoms with Gasteiger partial charge in [0.15, 0.2) is 0 Å². The Kier molecular flexibility index (Phi) is 7.04. The van der Waals surface area contributed by atoms with Gasteiger partial charge in [-0.2, -0.15) is 4.31 Å². The lowest BCUT2D eigenvalue weighted by Gasteiger charge is -2.19. The van der Waals surface area contributed by atoms with E-state index in [1.165, 1.54) is 24.5 Å². The van der Waals surface area contributed by atoms with Crippen molar-refractivity contribution in [3.63, 3.8) is 0 Å². The topological polar surface area (TPSA) is 79.6 Å². The smallest absolute Gasteiger partial charge is 0.239 e. The highest BCUT2D eigenvalue weighted by molar-refractivity contribution is 7.92. The zero-order valence-electron chi connectivity index (χ0n) is 15.7. The van der Waals surface area contributed by atoms with E-state index in [-0.39, 0.29) is 17.3 Å². The van der Waals surface area contributed by atoms with Gasteiger partial charge >= 0.3 is 0 Å². The molecule has 1 heterocycles. The van der Waals surface area contributed by atoms with E-state index in [1.807, 2.05) is 6.07 Å². The lowest BCUT2D eigenvalue weighted by Crippen LogP contribution is -2.36. The van der Waals surface area contributed by atoms with Crippen LogP contribution in [-0.2, 0) is 21.4 Å². The minimum absolute atomic E-state index is 0.133. The van der Waals surface area contributed by atoms with E-state index in [4.69, 9.17) is 16.0 Å². The molecule has 0 aliphatic carbocycles. The van der Waals surface area contributed by atoms with Gasteiger partial charge in [0.05, 0.1) is 24.4 Å². The first-order valence-electron chi connectivity index (χ1n) is 8.84. The van der Waals surface area contributed by atoms with Crippen LogP contribution >= 0.6 is 11.6 Å². The third-order valence-electron chi connectivity index (χ3n) is 4.03. The first-order chi connectivity index (χ1) is 14.3. The number of halogens is 2. The molecule has 0 radical (unpaired) electrons. The van der Waals surface area contributed by atoms with Gasteiger partial charge < -0.3 is 9.73 Å². The van der Waals surface area contributed by atoms with Crippen molar-refractivity contribution in [3.8, 4) is 0 Å². The van der Waals surface area contributed by atoms with Gasteiger partial charge in [0.2, 0.25) is 15.9 Å². The van der Waals surface area contributed by atoms with Crippen LogP contribution in [0.4, 0.5) is 10.1 Å². The number of anilines is 1. The molecule has 0 spiro atoms. The third-order valence-corrected chi connectivity index (χ3v) is 5.78. The van der Waals surface area contributed by atoms with Crippen molar-refractivity contribution in [2.45, 2.75) is 6.54 Å². The second-order valence-corrected chi connectivity index (χ2v) is 8.51. The monoisotopic (exact) mass is 448 g/mol. The number of sulfonamides is 1. The average molecular weight is 449 g/mol. The summed E-state index contributed by atoms with van der Waals surface area (Å²) >= 11 is 5.72. The summed E-state index contributed by atoms with van der Waals surface area (Å²) in [5.74, 6) is -0.854. The van der Waals surface area contributed by atoms with Gasteiger partial charge in [0, 0.05) is 11.1 Å². The van der Waals surface area contributed by atoms with Crippen LogP contribution in [0.5, 0.6) is 0 Å². The number of amides is 1. The number of rotatable bonds is 8. The molecule has 1 aromatic heterocycles. The van der Waals surface area contributed by atoms with Crippen LogP contribution in [0.2, 0.25) is 5.02 Å². The van der Waals surface area contributed by atoms with Crippen molar-refractivity contribution in [3.05, 3.63) is 94.5 Å². The number of hydrogen-bond acceptors (Lipinski definition) is 4. The van der Waals surface area contributed by atoms with E-state index < -0.39 is 28.3 Å². The first-order valence-corrected chi connectivity index (χ1v) is 10.7. The van der Waals surface area contributed by atoms with Crippen LogP contribution in [-0.4, -0.2) is 25.2 Å². The van der Waals surface area contributed by atoms with E-state index in [9.17, 15) is 17.6 Å². The number of hydrogen-bond donors (Lipinski definition) is 1. The zero-order chi connectivity index (χ0) is 21.6. The minimum atomic E-state index is -3.95. The van der Waals surface area contributed by atoms with Crippen molar-refractivity contribution >= 4 is 39.3 Å². The van der Waals surface area contributed by atoms with Crippen molar-refractivity contribution in [1.29, 1.82) is 0 Å². The predicted molar refractivity (Wildman–Crippen MR) is 114 cm³/mol. The third kappa shape index (κ3) is 6.03. The zero-order valence-corrected chi connectivity index (χ0v) is 17.2. The van der Waals surface area contributed by atoms with E-state index in [1.54, 1.807) is 36.4 Å². The second kappa shape index (κ2) is 9.71. The second-order valence-electron chi connectivity index (χ2n) is 6.28. The molecule has 0 bridgehead atoms. The molecule has 1 amide bonds. The van der Waals surface area contributed by atoms with E-state index in [0.29, 0.717) is 11.3 Å². The molecule has 1 N–H and O–H groups in total. The highest BCUT2D eigenvalue weighted by atomic mass is 35.5. The summed E-state index contributed by atoms with van der Waals surface area (Å²) in [4.78, 5) is 12.5. The Morgan fingerprint density at radius 2 is 1.90 bits per heavy atom. The molecule has 9 heteroatoms. The number of carbonyl (C=O) groups excluding carboxylic acids is 1. The van der Waals surface area contributed by atoms with Gasteiger partial charge in [0.25, 0.3) is 0 Å². The van der Waals surface area contributed by atoms with Crippen molar-refractivity contribution in [2.75, 3.05) is 11.9 Å². The molecule has 156 valence electrons. The number of carbonyl (C=O) groups is 1. The largest absolute Gasteiger partial charge is 0.468 e. The normalized spacial score (nSPS) is 11.8. The standard InChI is InChI=1S/C21H18ClFN2O4S/c22-19-13-17(8-9-20(19)23)24-21(26)15-25(14-18-7-4-11-29-18)30(27,28)12-10-16-5-2-1-3-6-16/h1-13H,14-15H2,(H,24,26)/b12-10+. The fourth-order valence-electron chi connectivity index (χ4n) is 2.56. The molecular weight excluding hydrogens is 431 g/mol. The van der Waals surface area contributed by atoms with Gasteiger partial charge in [-0.1, -0.05) is 41.9 Å². The van der Waals surface area contributed by atoms with Crippen molar-refractivity contribution < 1.29 is 22.0 Å². The lowest BCUT2D eigenvalue weighted by atomic mass is 10.2.